The van der Waals surface area contributed by atoms with Gasteiger partial charge in [0, 0.05) is 0 Å². The number of hydrogen-bond donors (Lipinski definition) is 0. The third-order valence-corrected chi connectivity index (χ3v) is 10.5. The zero-order chi connectivity index (χ0) is 50.9. The lowest BCUT2D eigenvalue weighted by atomic mass is 10.1. The zero-order valence-electron chi connectivity index (χ0n) is 44.2. The maximum Gasteiger partial charge on any atom is -0.0263 e. The van der Waals surface area contributed by atoms with Gasteiger partial charge in [-0.05, 0) is 122 Å². The van der Waals surface area contributed by atoms with Crippen LogP contribution in [-0.2, 0) is 6.42 Å². The molecule has 0 spiro atoms. The second-order valence-electron chi connectivity index (χ2n) is 16.8. The molecule has 0 N–H and O–H groups in total. The summed E-state index contributed by atoms with van der Waals surface area (Å²) in [6, 6.07) is 84.7. The first-order chi connectivity index (χ1) is 33.2. The number of rotatable bonds is 2. The minimum absolute atomic E-state index is 1.14. The van der Waals surface area contributed by atoms with E-state index in [0.29, 0.717) is 0 Å². The van der Waals surface area contributed by atoms with Gasteiger partial charge in [0.15, 0.2) is 0 Å². The van der Waals surface area contributed by atoms with Crippen LogP contribution in [0.25, 0.3) is 6.08 Å². The molecule has 0 fully saturated rings. The van der Waals surface area contributed by atoms with Crippen molar-refractivity contribution in [3.05, 3.63) is 328 Å². The standard InChI is InChI=1S/C9H12.4C8H10.C8H8.2C7H8.C6H6/c1-7-5-4-6-8(2)9(7)3;1-7-3-5-8(2)6-4-7;1-7-4-3-5-8(2)6-7;1-7-5-3-4-6-8(7)2;2*1-2-8-6-4-3-5-7-8;2*1-7-5-3-2-4-6-7;1-2-4-6-5-3-1/h4-6H,1-3H3;3*3-6H,1-2H3;3-7H,2H2,1H3;2-7H,1H2;2*2-6H,1H3;1-6H. The minimum atomic E-state index is 1.14. The first-order valence-electron chi connectivity index (χ1n) is 24.1. The van der Waals surface area contributed by atoms with E-state index in [0.717, 1.165) is 6.42 Å². The summed E-state index contributed by atoms with van der Waals surface area (Å²) in [5, 5.41) is 0. The Morgan fingerprint density at radius 2 is 0.536 bits per heavy atom. The Morgan fingerprint density at radius 1 is 0.275 bits per heavy atom. The lowest BCUT2D eigenvalue weighted by molar-refractivity contribution is 1.14. The van der Waals surface area contributed by atoms with Crippen molar-refractivity contribution in [1.29, 1.82) is 0 Å². The highest BCUT2D eigenvalue weighted by molar-refractivity contribution is 5.45. The summed E-state index contributed by atoms with van der Waals surface area (Å²) in [6.45, 7) is 29.0. The van der Waals surface area contributed by atoms with Crippen LogP contribution >= 0.6 is 0 Å². The summed E-state index contributed by atoms with van der Waals surface area (Å²) in [5.74, 6) is 0. The Balaban J connectivity index is 0.000000389. The van der Waals surface area contributed by atoms with E-state index >= 15 is 0 Å². The van der Waals surface area contributed by atoms with Gasteiger partial charge >= 0.3 is 0 Å². The second kappa shape index (κ2) is 38.8. The predicted octanol–water partition coefficient (Wildman–Crippen LogP) is 19.8. The van der Waals surface area contributed by atoms with E-state index < -0.39 is 0 Å². The lowest BCUT2D eigenvalue weighted by Gasteiger charge is -2.00. The van der Waals surface area contributed by atoms with Gasteiger partial charge in [-0.25, -0.2) is 0 Å². The van der Waals surface area contributed by atoms with Gasteiger partial charge in [-0.3, -0.25) is 0 Å². The molecule has 0 saturated heterocycles. The van der Waals surface area contributed by atoms with Gasteiger partial charge < -0.3 is 0 Å². The van der Waals surface area contributed by atoms with Crippen molar-refractivity contribution in [1.82, 2.24) is 0 Å². The fraction of sp³-hybridized carbons (Fsp3) is 0.188. The van der Waals surface area contributed by atoms with Crippen LogP contribution in [0.3, 0.4) is 0 Å². The molecule has 0 aliphatic carbocycles. The van der Waals surface area contributed by atoms with Crippen molar-refractivity contribution in [2.75, 3.05) is 0 Å². The largest absolute Gasteiger partial charge is 0.0985 e. The van der Waals surface area contributed by atoms with Crippen molar-refractivity contribution in [2.45, 2.75) is 89.5 Å². The topological polar surface area (TPSA) is 0 Å². The number of benzene rings is 9. The normalized spacial score (nSPS) is 8.99. The smallest absolute Gasteiger partial charge is 0.0263 e. The van der Waals surface area contributed by atoms with Gasteiger partial charge in [-0.15, -0.1) is 0 Å². The van der Waals surface area contributed by atoms with Crippen molar-refractivity contribution in [3.8, 4) is 0 Å². The average Bonchev–Trinajstić information content (AvgIpc) is 3.38. The van der Waals surface area contributed by atoms with Crippen molar-refractivity contribution in [3.63, 3.8) is 0 Å². The summed E-state index contributed by atoms with van der Waals surface area (Å²) in [6.07, 6.45) is 2.97. The predicted molar refractivity (Wildman–Crippen MR) is 310 cm³/mol. The highest BCUT2D eigenvalue weighted by atomic mass is 14.0. The fourth-order valence-electron chi connectivity index (χ4n) is 5.76. The molecule has 0 aliphatic heterocycles. The van der Waals surface area contributed by atoms with Crippen molar-refractivity contribution >= 4 is 6.08 Å². The second-order valence-corrected chi connectivity index (χ2v) is 16.8. The molecule has 0 atom stereocenters. The molecule has 9 aromatic rings. The average molecular weight is 911 g/mol. The molecule has 0 bridgehead atoms. The van der Waals surface area contributed by atoms with Gasteiger partial charge in [0.1, 0.15) is 0 Å². The zero-order valence-corrected chi connectivity index (χ0v) is 44.2. The van der Waals surface area contributed by atoms with Crippen LogP contribution in [0.4, 0.5) is 0 Å². The highest BCUT2D eigenvalue weighted by Crippen LogP contribution is 2.10. The molecular formula is C69H82. The maximum atomic E-state index is 3.63. The van der Waals surface area contributed by atoms with E-state index in [2.05, 4.69) is 229 Å². The Bertz CT molecular complexity index is 2410. The molecule has 0 saturated carbocycles. The molecule has 0 aliphatic rings. The van der Waals surface area contributed by atoms with Gasteiger partial charge in [-0.1, -0.05) is 302 Å². The Labute approximate surface area is 421 Å². The third-order valence-electron chi connectivity index (χ3n) is 10.5. The summed E-state index contributed by atoms with van der Waals surface area (Å²) in [4.78, 5) is 0. The Kier molecular flexibility index (Phi) is 33.6. The van der Waals surface area contributed by atoms with Crippen LogP contribution < -0.4 is 0 Å². The molecule has 0 heteroatoms. The van der Waals surface area contributed by atoms with Crippen LogP contribution in [0.5, 0.6) is 0 Å². The molecule has 0 heterocycles. The first kappa shape index (κ1) is 59.7. The molecule has 358 valence electrons. The molecule has 0 unspecified atom stereocenters. The molecule has 9 rings (SSSR count). The Morgan fingerprint density at radius 3 is 0.768 bits per heavy atom. The van der Waals surface area contributed by atoms with E-state index in [9.17, 15) is 0 Å². The SMILES string of the molecule is C=Cc1ccccc1.CCc1ccccc1.Cc1ccc(C)cc1.Cc1cccc(C)c1.Cc1cccc(C)c1C.Cc1ccccc1.Cc1ccccc1.Cc1ccccc1C.c1ccccc1. The maximum absolute atomic E-state index is 3.63. The molecule has 0 nitrogen and oxygen atoms in total. The van der Waals surface area contributed by atoms with Gasteiger partial charge in [-0.2, -0.15) is 0 Å². The van der Waals surface area contributed by atoms with E-state index in [4.69, 9.17) is 0 Å². The van der Waals surface area contributed by atoms with Crippen molar-refractivity contribution in [2.24, 2.45) is 0 Å². The van der Waals surface area contributed by atoms with Gasteiger partial charge in [0.25, 0.3) is 0 Å². The van der Waals surface area contributed by atoms with Crippen LogP contribution in [0.1, 0.15) is 79.2 Å². The lowest BCUT2D eigenvalue weighted by Crippen LogP contribution is -1.82. The molecule has 0 aromatic heterocycles. The van der Waals surface area contributed by atoms with E-state index in [1.54, 1.807) is 0 Å². The molecule has 9 aromatic carbocycles. The molecule has 0 radical (unpaired) electrons. The number of aryl methyl sites for hydroxylation is 11. The minimum Gasteiger partial charge on any atom is -0.0985 e. The molecule has 0 amide bonds. The van der Waals surface area contributed by atoms with Crippen LogP contribution in [-0.4, -0.2) is 0 Å². The monoisotopic (exact) mass is 911 g/mol. The summed E-state index contributed by atoms with van der Waals surface area (Å²) in [5.41, 5.74) is 17.5. The Hall–Kier alpha value is -7.28. The van der Waals surface area contributed by atoms with E-state index in [1.807, 2.05) is 115 Å². The quantitative estimate of drug-likeness (QED) is 0.162. The van der Waals surface area contributed by atoms with Gasteiger partial charge in [0.05, 0.1) is 0 Å². The summed E-state index contributed by atoms with van der Waals surface area (Å²) in [7, 11) is 0. The van der Waals surface area contributed by atoms with E-state index in [1.165, 1.54) is 72.3 Å². The first-order valence-corrected chi connectivity index (χ1v) is 24.1. The highest BCUT2D eigenvalue weighted by Gasteiger charge is 1.92. The molecular weight excluding hydrogens is 829 g/mol. The van der Waals surface area contributed by atoms with Crippen LogP contribution in [0.15, 0.2) is 255 Å². The van der Waals surface area contributed by atoms with E-state index in [-0.39, 0.29) is 0 Å². The van der Waals surface area contributed by atoms with Crippen molar-refractivity contribution < 1.29 is 0 Å². The fourth-order valence-corrected chi connectivity index (χ4v) is 5.76. The summed E-state index contributed by atoms with van der Waals surface area (Å²) >= 11 is 0. The summed E-state index contributed by atoms with van der Waals surface area (Å²) < 4.78 is 0. The molecule has 69 heavy (non-hydrogen) atoms. The third kappa shape index (κ3) is 32.9. The van der Waals surface area contributed by atoms with Crippen LogP contribution in [0.2, 0.25) is 0 Å². The van der Waals surface area contributed by atoms with Gasteiger partial charge in [0.2, 0.25) is 0 Å². The van der Waals surface area contributed by atoms with Crippen LogP contribution in [0, 0.1) is 76.2 Å². The number of hydrogen-bond acceptors (Lipinski definition) is 0.